The van der Waals surface area contributed by atoms with E-state index in [1.165, 1.54) is 8.80 Å². The smallest absolute Gasteiger partial charge is 0.258 e. The third-order valence-electron chi connectivity index (χ3n) is 5.44. The highest BCUT2D eigenvalue weighted by molar-refractivity contribution is 5.39. The van der Waals surface area contributed by atoms with Crippen LogP contribution in [0.25, 0.3) is 11.3 Å². The van der Waals surface area contributed by atoms with Crippen molar-refractivity contribution >= 4 is 11.3 Å². The van der Waals surface area contributed by atoms with Gasteiger partial charge in [0, 0.05) is 43.7 Å². The summed E-state index contributed by atoms with van der Waals surface area (Å²) >= 11 is 0. The number of fused-ring (bicyclic) bond motifs is 2. The van der Waals surface area contributed by atoms with Gasteiger partial charge in [-0.2, -0.15) is 0 Å². The minimum atomic E-state index is -0.0952. The molecule has 0 fully saturated rings. The molecule has 0 spiro atoms. The maximum absolute atomic E-state index is 12.5. The molecule has 154 valence electrons. The number of hydrogen-bond acceptors (Lipinski definition) is 5. The van der Waals surface area contributed by atoms with Gasteiger partial charge in [0.1, 0.15) is 11.3 Å². The lowest BCUT2D eigenvalue weighted by molar-refractivity contribution is 0.164. The van der Waals surface area contributed by atoms with Crippen molar-refractivity contribution in [3.05, 3.63) is 93.0 Å². The minimum absolute atomic E-state index is 0.0952. The van der Waals surface area contributed by atoms with Gasteiger partial charge in [-0.15, -0.1) is 0 Å². The normalized spacial score (nSPS) is 11.7. The Morgan fingerprint density at radius 3 is 1.70 bits per heavy atom. The lowest BCUT2D eigenvalue weighted by Crippen LogP contribution is -2.35. The first-order valence-electron chi connectivity index (χ1n) is 10.3. The van der Waals surface area contributed by atoms with Gasteiger partial charge in [-0.05, 0) is 37.1 Å². The van der Waals surface area contributed by atoms with Crippen molar-refractivity contribution in [2.45, 2.75) is 45.8 Å². The van der Waals surface area contributed by atoms with Gasteiger partial charge in [-0.25, -0.2) is 9.97 Å². The molecular formula is C23H25N5O2. The highest BCUT2D eigenvalue weighted by atomic mass is 16.1. The fourth-order valence-electron chi connectivity index (χ4n) is 3.90. The Bertz CT molecular complexity index is 1190. The van der Waals surface area contributed by atoms with Crippen LogP contribution in [0.15, 0.2) is 70.5 Å². The molecule has 4 heterocycles. The van der Waals surface area contributed by atoms with Crippen LogP contribution in [0.3, 0.4) is 0 Å². The van der Waals surface area contributed by atoms with Crippen LogP contribution >= 0.6 is 0 Å². The van der Waals surface area contributed by atoms with Crippen molar-refractivity contribution < 1.29 is 0 Å². The standard InChI is InChI=1S/C23H25N5O2/c1-3-19(4-2)26(15-17-13-22(29)27-11-7-5-9-20(27)24-17)16-18-14-23(30)28-12-8-6-10-21(28)25-18/h5-14,19H,3-4,15-16H2,1-2H3. The highest BCUT2D eigenvalue weighted by Crippen LogP contribution is 2.16. The average Bonchev–Trinajstić information content (AvgIpc) is 2.75. The molecule has 0 aliphatic heterocycles. The summed E-state index contributed by atoms with van der Waals surface area (Å²) in [4.78, 5) is 36.6. The first kappa shape index (κ1) is 20.0. The molecule has 0 aliphatic carbocycles. The molecule has 4 rings (SSSR count). The Labute approximate surface area is 174 Å². The van der Waals surface area contributed by atoms with E-state index in [4.69, 9.17) is 0 Å². The molecule has 0 unspecified atom stereocenters. The van der Waals surface area contributed by atoms with Gasteiger partial charge >= 0.3 is 0 Å². The van der Waals surface area contributed by atoms with Crippen LogP contribution in [-0.2, 0) is 13.1 Å². The fourth-order valence-corrected chi connectivity index (χ4v) is 3.90. The molecular weight excluding hydrogens is 378 g/mol. The quantitative estimate of drug-likeness (QED) is 0.474. The van der Waals surface area contributed by atoms with E-state index >= 15 is 0 Å². The van der Waals surface area contributed by atoms with Crippen molar-refractivity contribution in [1.82, 2.24) is 23.7 Å². The summed E-state index contributed by atoms with van der Waals surface area (Å²) in [7, 11) is 0. The maximum Gasteiger partial charge on any atom is 0.258 e. The van der Waals surface area contributed by atoms with Crippen molar-refractivity contribution in [2.24, 2.45) is 0 Å². The molecule has 0 amide bonds. The SMILES string of the molecule is CCC(CC)N(Cc1cc(=O)n2ccccc2n1)Cc1cc(=O)n2ccccc2n1. The van der Waals surface area contributed by atoms with Gasteiger partial charge in [0.15, 0.2) is 0 Å². The summed E-state index contributed by atoms with van der Waals surface area (Å²) in [5.74, 6) is 0. The largest absolute Gasteiger partial charge is 0.289 e. The molecule has 0 saturated carbocycles. The minimum Gasteiger partial charge on any atom is -0.289 e. The second kappa shape index (κ2) is 8.59. The molecule has 30 heavy (non-hydrogen) atoms. The van der Waals surface area contributed by atoms with Crippen LogP contribution in [0.4, 0.5) is 0 Å². The van der Waals surface area contributed by atoms with Crippen molar-refractivity contribution in [3.63, 3.8) is 0 Å². The van der Waals surface area contributed by atoms with Gasteiger partial charge < -0.3 is 0 Å². The summed E-state index contributed by atoms with van der Waals surface area (Å²) in [6.07, 6.45) is 5.35. The summed E-state index contributed by atoms with van der Waals surface area (Å²) in [6, 6.07) is 14.5. The van der Waals surface area contributed by atoms with E-state index in [1.54, 1.807) is 24.5 Å². The summed E-state index contributed by atoms with van der Waals surface area (Å²) < 4.78 is 3.08. The van der Waals surface area contributed by atoms with E-state index in [0.717, 1.165) is 24.2 Å². The Kier molecular flexibility index (Phi) is 5.72. The van der Waals surface area contributed by atoms with Crippen LogP contribution in [0.2, 0.25) is 0 Å². The first-order chi connectivity index (χ1) is 14.6. The van der Waals surface area contributed by atoms with E-state index in [0.29, 0.717) is 24.4 Å². The van der Waals surface area contributed by atoms with Crippen molar-refractivity contribution in [2.75, 3.05) is 0 Å². The molecule has 0 saturated heterocycles. The zero-order valence-electron chi connectivity index (χ0n) is 17.2. The molecule has 0 N–H and O–H groups in total. The van der Waals surface area contributed by atoms with Crippen LogP contribution < -0.4 is 11.1 Å². The highest BCUT2D eigenvalue weighted by Gasteiger charge is 2.18. The van der Waals surface area contributed by atoms with Crippen molar-refractivity contribution in [1.29, 1.82) is 0 Å². The van der Waals surface area contributed by atoms with Gasteiger partial charge in [0.25, 0.3) is 11.1 Å². The maximum atomic E-state index is 12.5. The monoisotopic (exact) mass is 403 g/mol. The second-order valence-electron chi connectivity index (χ2n) is 7.40. The van der Waals surface area contributed by atoms with Crippen molar-refractivity contribution in [3.8, 4) is 0 Å². The third-order valence-corrected chi connectivity index (χ3v) is 5.44. The number of rotatable bonds is 7. The third kappa shape index (κ3) is 4.02. The molecule has 0 aromatic carbocycles. The number of nitrogens with zero attached hydrogens (tertiary/aromatic N) is 5. The van der Waals surface area contributed by atoms with Crippen LogP contribution in [0.1, 0.15) is 38.1 Å². The van der Waals surface area contributed by atoms with E-state index in [9.17, 15) is 9.59 Å². The molecule has 4 aromatic heterocycles. The summed E-state index contributed by atoms with van der Waals surface area (Å²) in [5.41, 5.74) is 2.51. The van der Waals surface area contributed by atoms with Gasteiger partial charge in [0.05, 0.1) is 11.4 Å². The second-order valence-corrected chi connectivity index (χ2v) is 7.40. The topological polar surface area (TPSA) is 72.0 Å². The van der Waals surface area contributed by atoms with E-state index < -0.39 is 0 Å². The van der Waals surface area contributed by atoms with E-state index in [-0.39, 0.29) is 17.2 Å². The number of hydrogen-bond donors (Lipinski definition) is 0. The first-order valence-corrected chi connectivity index (χ1v) is 10.3. The Hall–Kier alpha value is -3.32. The molecule has 0 atom stereocenters. The van der Waals surface area contributed by atoms with E-state index in [2.05, 4.69) is 28.7 Å². The van der Waals surface area contributed by atoms with Gasteiger partial charge in [-0.3, -0.25) is 23.3 Å². The van der Waals surface area contributed by atoms with Gasteiger partial charge in [-0.1, -0.05) is 26.0 Å². The number of pyridine rings is 2. The molecule has 0 bridgehead atoms. The zero-order valence-corrected chi connectivity index (χ0v) is 17.2. The van der Waals surface area contributed by atoms with Gasteiger partial charge in [0.2, 0.25) is 0 Å². The Morgan fingerprint density at radius 2 is 1.27 bits per heavy atom. The number of aromatic nitrogens is 4. The average molecular weight is 403 g/mol. The molecule has 0 aliphatic rings. The fraction of sp³-hybridized carbons (Fsp3) is 0.304. The lowest BCUT2D eigenvalue weighted by Gasteiger charge is -2.30. The lowest BCUT2D eigenvalue weighted by atomic mass is 10.1. The molecule has 0 radical (unpaired) electrons. The Morgan fingerprint density at radius 1 is 0.800 bits per heavy atom. The molecule has 4 aromatic rings. The van der Waals surface area contributed by atoms with Crippen LogP contribution in [0.5, 0.6) is 0 Å². The molecule has 7 nitrogen and oxygen atoms in total. The van der Waals surface area contributed by atoms with Crippen LogP contribution in [-0.4, -0.2) is 29.7 Å². The predicted octanol–water partition coefficient (Wildman–Crippen LogP) is 2.89. The summed E-state index contributed by atoms with van der Waals surface area (Å²) in [5, 5.41) is 0. The van der Waals surface area contributed by atoms with E-state index in [1.807, 2.05) is 36.4 Å². The predicted molar refractivity (Wildman–Crippen MR) is 117 cm³/mol. The Balaban J connectivity index is 1.69. The molecule has 7 heteroatoms. The zero-order chi connectivity index (χ0) is 21.1. The van der Waals surface area contributed by atoms with Crippen LogP contribution in [0, 0.1) is 0 Å². The summed E-state index contributed by atoms with van der Waals surface area (Å²) in [6.45, 7) is 5.32.